The molecule has 1 fully saturated rings. The summed E-state index contributed by atoms with van der Waals surface area (Å²) in [5, 5.41) is 7.35. The molecule has 1 amide bonds. The Balaban J connectivity index is 1.69. The number of nitrogens with one attached hydrogen (secondary N) is 1. The van der Waals surface area contributed by atoms with Crippen LogP contribution in [0.3, 0.4) is 0 Å². The van der Waals surface area contributed by atoms with Gasteiger partial charge in [0.2, 0.25) is 0 Å². The van der Waals surface area contributed by atoms with Gasteiger partial charge in [0.1, 0.15) is 5.75 Å². The number of amides is 1. The van der Waals surface area contributed by atoms with Crippen molar-refractivity contribution >= 4 is 21.4 Å². The summed E-state index contributed by atoms with van der Waals surface area (Å²) >= 11 is 0. The third-order valence-electron chi connectivity index (χ3n) is 5.22. The highest BCUT2D eigenvalue weighted by Gasteiger charge is 2.32. The molecule has 0 unspecified atom stereocenters. The van der Waals surface area contributed by atoms with Crippen LogP contribution in [0.25, 0.3) is 11.3 Å². The van der Waals surface area contributed by atoms with E-state index in [1.165, 1.54) is 0 Å². The summed E-state index contributed by atoms with van der Waals surface area (Å²) in [5.41, 5.74) is 3.55. The maximum atomic E-state index is 12.8. The van der Waals surface area contributed by atoms with E-state index in [2.05, 4.69) is 10.4 Å². The minimum atomic E-state index is -3.10. The van der Waals surface area contributed by atoms with E-state index in [1.807, 2.05) is 55.5 Å². The monoisotopic (exact) mass is 425 g/mol. The maximum absolute atomic E-state index is 12.8. The standard InChI is InChI=1S/C22H23N3O4S/c1-15-3-7-17(8-4-15)23-22(26)20-13-21(16-5-9-19(29-2)10-6-16)25(24-20)18-11-12-30(27,28)14-18/h3-10,13,18H,11-12,14H2,1-2H3,(H,23,26)/t18-/m1/s1. The van der Waals surface area contributed by atoms with E-state index in [0.29, 0.717) is 23.6 Å². The van der Waals surface area contributed by atoms with Crippen molar-refractivity contribution in [2.24, 2.45) is 0 Å². The highest BCUT2D eigenvalue weighted by Crippen LogP contribution is 2.31. The molecule has 1 aliphatic rings. The average molecular weight is 426 g/mol. The lowest BCUT2D eigenvalue weighted by atomic mass is 10.1. The van der Waals surface area contributed by atoms with Crippen LogP contribution in [0.15, 0.2) is 54.6 Å². The van der Waals surface area contributed by atoms with Crippen LogP contribution in [-0.4, -0.2) is 42.7 Å². The smallest absolute Gasteiger partial charge is 0.276 e. The average Bonchev–Trinajstić information content (AvgIpc) is 3.33. The largest absolute Gasteiger partial charge is 0.497 e. The van der Waals surface area contributed by atoms with Gasteiger partial charge in [-0.3, -0.25) is 9.48 Å². The van der Waals surface area contributed by atoms with Gasteiger partial charge in [0, 0.05) is 11.3 Å². The Bertz CT molecular complexity index is 1170. The third kappa shape index (κ3) is 4.23. The van der Waals surface area contributed by atoms with Crippen molar-refractivity contribution in [3.8, 4) is 17.0 Å². The van der Waals surface area contributed by atoms with Gasteiger partial charge in [-0.2, -0.15) is 5.10 Å². The first-order chi connectivity index (χ1) is 14.3. The van der Waals surface area contributed by atoms with E-state index in [1.54, 1.807) is 17.9 Å². The number of carbonyl (C=O) groups is 1. The molecular formula is C22H23N3O4S. The summed E-state index contributed by atoms with van der Waals surface area (Å²) in [6.45, 7) is 1.98. The van der Waals surface area contributed by atoms with Crippen molar-refractivity contribution in [1.82, 2.24) is 9.78 Å². The minimum absolute atomic E-state index is 0.0247. The van der Waals surface area contributed by atoms with Crippen LogP contribution in [0, 0.1) is 6.92 Å². The molecule has 1 saturated heterocycles. The molecule has 156 valence electrons. The van der Waals surface area contributed by atoms with Crippen LogP contribution in [0.1, 0.15) is 28.5 Å². The lowest BCUT2D eigenvalue weighted by molar-refractivity contribution is 0.102. The second-order valence-electron chi connectivity index (χ2n) is 7.46. The molecule has 0 saturated carbocycles. The second kappa shape index (κ2) is 7.95. The molecule has 1 N–H and O–H groups in total. The highest BCUT2D eigenvalue weighted by atomic mass is 32.2. The molecule has 7 nitrogen and oxygen atoms in total. The van der Waals surface area contributed by atoms with Gasteiger partial charge >= 0.3 is 0 Å². The summed E-state index contributed by atoms with van der Waals surface area (Å²) in [7, 11) is -1.50. The molecule has 4 rings (SSSR count). The molecule has 1 atom stereocenters. The SMILES string of the molecule is COc1ccc(-c2cc(C(=O)Nc3ccc(C)cc3)nn2[C@@H]2CCS(=O)(=O)C2)cc1. The van der Waals surface area contributed by atoms with Gasteiger partial charge in [0.25, 0.3) is 5.91 Å². The summed E-state index contributed by atoms with van der Waals surface area (Å²) in [6.07, 6.45) is 0.478. The first-order valence-electron chi connectivity index (χ1n) is 9.67. The number of hydrogen-bond donors (Lipinski definition) is 1. The van der Waals surface area contributed by atoms with Gasteiger partial charge in [-0.15, -0.1) is 0 Å². The lowest BCUT2D eigenvalue weighted by Gasteiger charge is -2.13. The van der Waals surface area contributed by atoms with E-state index >= 15 is 0 Å². The van der Waals surface area contributed by atoms with Gasteiger partial charge < -0.3 is 10.1 Å². The van der Waals surface area contributed by atoms with Gasteiger partial charge in [-0.05, 0) is 55.8 Å². The number of methoxy groups -OCH3 is 1. The van der Waals surface area contributed by atoms with E-state index in [-0.39, 0.29) is 29.1 Å². The number of carbonyl (C=O) groups excluding carboxylic acids is 1. The number of aromatic nitrogens is 2. The van der Waals surface area contributed by atoms with Crippen LogP contribution in [0.5, 0.6) is 5.75 Å². The van der Waals surface area contributed by atoms with Crippen LogP contribution >= 0.6 is 0 Å². The molecule has 0 aliphatic carbocycles. The number of hydrogen-bond acceptors (Lipinski definition) is 5. The number of sulfone groups is 1. The fraction of sp³-hybridized carbons (Fsp3) is 0.273. The van der Waals surface area contributed by atoms with Crippen LogP contribution < -0.4 is 10.1 Å². The Morgan fingerprint density at radius 1 is 1.13 bits per heavy atom. The van der Waals surface area contributed by atoms with Crippen molar-refractivity contribution in [3.63, 3.8) is 0 Å². The minimum Gasteiger partial charge on any atom is -0.497 e. The highest BCUT2D eigenvalue weighted by molar-refractivity contribution is 7.91. The Labute approximate surface area is 175 Å². The van der Waals surface area contributed by atoms with Crippen molar-refractivity contribution < 1.29 is 17.9 Å². The third-order valence-corrected chi connectivity index (χ3v) is 6.97. The first-order valence-corrected chi connectivity index (χ1v) is 11.5. The van der Waals surface area contributed by atoms with Gasteiger partial charge in [-0.1, -0.05) is 17.7 Å². The zero-order chi connectivity index (χ0) is 21.3. The molecule has 1 aliphatic heterocycles. The van der Waals surface area contributed by atoms with E-state index in [9.17, 15) is 13.2 Å². The number of ether oxygens (including phenoxy) is 1. The molecule has 8 heteroatoms. The quantitative estimate of drug-likeness (QED) is 0.676. The van der Waals surface area contributed by atoms with Gasteiger partial charge in [0.05, 0.1) is 30.4 Å². The van der Waals surface area contributed by atoms with Gasteiger partial charge in [0.15, 0.2) is 15.5 Å². The molecular weight excluding hydrogens is 402 g/mol. The van der Waals surface area contributed by atoms with E-state index in [0.717, 1.165) is 11.1 Å². The Morgan fingerprint density at radius 3 is 2.43 bits per heavy atom. The van der Waals surface area contributed by atoms with Crippen molar-refractivity contribution in [1.29, 1.82) is 0 Å². The molecule has 0 spiro atoms. The maximum Gasteiger partial charge on any atom is 0.276 e. The van der Waals surface area contributed by atoms with Crippen molar-refractivity contribution in [2.45, 2.75) is 19.4 Å². The zero-order valence-corrected chi connectivity index (χ0v) is 17.6. The molecule has 3 aromatic rings. The second-order valence-corrected chi connectivity index (χ2v) is 9.69. The molecule has 1 aromatic heterocycles. The van der Waals surface area contributed by atoms with Crippen LogP contribution in [0.2, 0.25) is 0 Å². The number of nitrogens with zero attached hydrogens (tertiary/aromatic N) is 2. The number of benzene rings is 2. The number of anilines is 1. The Morgan fingerprint density at radius 2 is 1.83 bits per heavy atom. The lowest BCUT2D eigenvalue weighted by Crippen LogP contribution is -2.16. The van der Waals surface area contributed by atoms with Crippen molar-refractivity contribution in [3.05, 3.63) is 65.9 Å². The summed E-state index contributed by atoms with van der Waals surface area (Å²) < 4.78 is 30.9. The first kappa shape index (κ1) is 20.2. The summed E-state index contributed by atoms with van der Waals surface area (Å²) in [6, 6.07) is 16.3. The molecule has 0 bridgehead atoms. The molecule has 0 radical (unpaired) electrons. The normalized spacial score (nSPS) is 17.6. The van der Waals surface area contributed by atoms with Crippen LogP contribution in [0.4, 0.5) is 5.69 Å². The van der Waals surface area contributed by atoms with Crippen LogP contribution in [-0.2, 0) is 9.84 Å². The summed E-state index contributed by atoms with van der Waals surface area (Å²) in [4.78, 5) is 12.8. The Hall–Kier alpha value is -3.13. The predicted molar refractivity (Wildman–Crippen MR) is 116 cm³/mol. The van der Waals surface area contributed by atoms with Gasteiger partial charge in [-0.25, -0.2) is 8.42 Å². The molecule has 2 aromatic carbocycles. The predicted octanol–water partition coefficient (Wildman–Crippen LogP) is 3.48. The fourth-order valence-electron chi connectivity index (χ4n) is 3.56. The number of aryl methyl sites for hydroxylation is 1. The van der Waals surface area contributed by atoms with Crippen molar-refractivity contribution in [2.75, 3.05) is 23.9 Å². The van der Waals surface area contributed by atoms with E-state index in [4.69, 9.17) is 4.74 Å². The molecule has 30 heavy (non-hydrogen) atoms. The topological polar surface area (TPSA) is 90.3 Å². The molecule has 2 heterocycles. The number of rotatable bonds is 5. The summed E-state index contributed by atoms with van der Waals surface area (Å²) in [5.74, 6) is 0.528. The Kier molecular flexibility index (Phi) is 5.34. The zero-order valence-electron chi connectivity index (χ0n) is 16.8. The van der Waals surface area contributed by atoms with E-state index < -0.39 is 9.84 Å². The fourth-order valence-corrected chi connectivity index (χ4v) is 5.25.